The molecule has 0 saturated carbocycles. The van der Waals surface area contributed by atoms with Gasteiger partial charge in [-0.05, 0) is 52.6 Å². The molecule has 0 saturated heterocycles. The van der Waals surface area contributed by atoms with Crippen LogP contribution in [0.2, 0.25) is 38.8 Å². The average molecular weight is 487 g/mol. The second kappa shape index (κ2) is 10.9. The van der Waals surface area contributed by atoms with Gasteiger partial charge in [-0.3, -0.25) is 0 Å². The van der Waals surface area contributed by atoms with Crippen molar-refractivity contribution >= 4 is 37.1 Å². The standard InChI is InChI=1S/C18H33F3O6Si3/c1-14(2)16(22)24-12-28(5,6)26-30(9,11-10-18(19,20)21)27-29(7,8)13-25-17(23)15(3)4/h1,3,10-13H2,2,4-9H3. The Morgan fingerprint density at radius 1 is 0.800 bits per heavy atom. The Morgan fingerprint density at radius 2 is 1.13 bits per heavy atom. The van der Waals surface area contributed by atoms with Crippen molar-refractivity contribution in [2.24, 2.45) is 0 Å². The molecule has 0 unspecified atom stereocenters. The normalized spacial score (nSPS) is 13.0. The molecule has 0 aromatic heterocycles. The molecular formula is C18H33F3O6Si3. The van der Waals surface area contributed by atoms with Crippen molar-refractivity contribution in [1.82, 2.24) is 0 Å². The molecule has 174 valence electrons. The van der Waals surface area contributed by atoms with E-state index in [4.69, 9.17) is 17.7 Å². The molecule has 0 aliphatic carbocycles. The lowest BCUT2D eigenvalue weighted by Crippen LogP contribution is -2.57. The number of alkyl halides is 3. The van der Waals surface area contributed by atoms with Crippen molar-refractivity contribution in [1.29, 1.82) is 0 Å². The topological polar surface area (TPSA) is 71.1 Å². The van der Waals surface area contributed by atoms with Crippen LogP contribution in [0, 0.1) is 0 Å². The van der Waals surface area contributed by atoms with E-state index >= 15 is 0 Å². The number of hydrogen-bond donors (Lipinski definition) is 0. The van der Waals surface area contributed by atoms with Gasteiger partial charge in [-0.2, -0.15) is 13.2 Å². The predicted octanol–water partition coefficient (Wildman–Crippen LogP) is 4.77. The summed E-state index contributed by atoms with van der Waals surface area (Å²) in [5, 5.41) is 0. The van der Waals surface area contributed by atoms with Crippen molar-refractivity contribution < 1.29 is 40.5 Å². The summed E-state index contributed by atoms with van der Waals surface area (Å²) < 4.78 is 61.4. The summed E-state index contributed by atoms with van der Waals surface area (Å²) >= 11 is 0. The molecule has 0 aliphatic rings. The lowest BCUT2D eigenvalue weighted by molar-refractivity contribution is -0.138. The van der Waals surface area contributed by atoms with Crippen LogP contribution in [0.3, 0.4) is 0 Å². The third kappa shape index (κ3) is 12.5. The van der Waals surface area contributed by atoms with Crippen LogP contribution in [0.15, 0.2) is 24.3 Å². The summed E-state index contributed by atoms with van der Waals surface area (Å²) in [5.74, 6) is -1.17. The van der Waals surface area contributed by atoms with Gasteiger partial charge in [0.25, 0.3) is 0 Å². The molecule has 0 atom stereocenters. The monoisotopic (exact) mass is 486 g/mol. The van der Waals surface area contributed by atoms with Crippen LogP contribution in [-0.2, 0) is 27.3 Å². The van der Waals surface area contributed by atoms with E-state index in [2.05, 4.69) is 13.2 Å². The zero-order valence-corrected chi connectivity index (χ0v) is 21.8. The molecule has 0 aliphatic heterocycles. The van der Waals surface area contributed by atoms with Crippen LogP contribution >= 0.6 is 0 Å². The second-order valence-corrected chi connectivity index (χ2v) is 20.7. The van der Waals surface area contributed by atoms with E-state index in [1.807, 2.05) is 0 Å². The van der Waals surface area contributed by atoms with Crippen LogP contribution in [-0.4, -0.2) is 55.8 Å². The molecule has 0 radical (unpaired) electrons. The van der Waals surface area contributed by atoms with Crippen molar-refractivity contribution in [3.8, 4) is 0 Å². The van der Waals surface area contributed by atoms with Gasteiger partial charge in [0.2, 0.25) is 16.6 Å². The summed E-state index contributed by atoms with van der Waals surface area (Å²) in [7, 11) is -8.79. The zero-order chi connectivity index (χ0) is 24.0. The minimum absolute atomic E-state index is 0.0384. The second-order valence-electron chi connectivity index (χ2n) is 8.69. The van der Waals surface area contributed by atoms with Crippen LogP contribution in [0.4, 0.5) is 13.2 Å². The Balaban J connectivity index is 5.40. The smallest absolute Gasteiger partial charge is 0.389 e. The Labute approximate surface area is 179 Å². The molecule has 0 aromatic rings. The molecular weight excluding hydrogens is 453 g/mol. The van der Waals surface area contributed by atoms with Gasteiger partial charge in [-0.25, -0.2) is 9.59 Å². The maximum Gasteiger partial charge on any atom is 0.389 e. The van der Waals surface area contributed by atoms with Crippen LogP contribution in [0.1, 0.15) is 20.3 Å². The van der Waals surface area contributed by atoms with Crippen LogP contribution in [0.5, 0.6) is 0 Å². The third-order valence-corrected chi connectivity index (χ3v) is 14.4. The van der Waals surface area contributed by atoms with Gasteiger partial charge >= 0.3 is 26.7 Å². The molecule has 6 nitrogen and oxygen atoms in total. The van der Waals surface area contributed by atoms with Gasteiger partial charge in [-0.1, -0.05) is 13.2 Å². The van der Waals surface area contributed by atoms with Gasteiger partial charge in [-0.15, -0.1) is 0 Å². The van der Waals surface area contributed by atoms with Crippen LogP contribution < -0.4 is 0 Å². The SMILES string of the molecule is C=C(C)C(=O)OC[Si](C)(C)O[Si](C)(CCC(F)(F)F)O[Si](C)(C)COC(=O)C(=C)C. The van der Waals surface area contributed by atoms with E-state index in [9.17, 15) is 22.8 Å². The Bertz CT molecular complexity index is 618. The predicted molar refractivity (Wildman–Crippen MR) is 116 cm³/mol. The van der Waals surface area contributed by atoms with E-state index in [-0.39, 0.29) is 29.7 Å². The largest absolute Gasteiger partial charge is 0.463 e. The number of esters is 2. The fourth-order valence-electron chi connectivity index (χ4n) is 2.44. The molecule has 0 N–H and O–H groups in total. The quantitative estimate of drug-likeness (QED) is 0.225. The highest BCUT2D eigenvalue weighted by Gasteiger charge is 2.46. The molecule has 0 fully saturated rings. The maximum absolute atomic E-state index is 12.9. The molecule has 0 bridgehead atoms. The fraction of sp³-hybridized carbons (Fsp3) is 0.667. The highest BCUT2D eigenvalue weighted by atomic mass is 28.5. The van der Waals surface area contributed by atoms with Crippen molar-refractivity contribution in [3.63, 3.8) is 0 Å². The van der Waals surface area contributed by atoms with Gasteiger partial charge in [0.15, 0.2) is 0 Å². The molecule has 30 heavy (non-hydrogen) atoms. The fourth-order valence-corrected chi connectivity index (χ4v) is 15.3. The summed E-state index contributed by atoms with van der Waals surface area (Å²) in [4.78, 5) is 23.3. The lowest BCUT2D eigenvalue weighted by Gasteiger charge is -2.40. The van der Waals surface area contributed by atoms with Crippen molar-refractivity contribution in [2.75, 3.05) is 12.5 Å². The first-order valence-corrected chi connectivity index (χ1v) is 18.2. The summed E-state index contributed by atoms with van der Waals surface area (Å²) in [6.45, 7) is 18.6. The first-order chi connectivity index (χ1) is 13.3. The molecule has 0 spiro atoms. The Morgan fingerprint density at radius 3 is 1.40 bits per heavy atom. The van der Waals surface area contributed by atoms with Gasteiger partial charge in [0.05, 0.1) is 0 Å². The van der Waals surface area contributed by atoms with Crippen molar-refractivity contribution in [3.05, 3.63) is 24.3 Å². The molecule has 0 heterocycles. The molecule has 0 amide bonds. The van der Waals surface area contributed by atoms with Gasteiger partial charge in [0.1, 0.15) is 12.5 Å². The average Bonchev–Trinajstić information content (AvgIpc) is 2.54. The number of carbonyl (C=O) groups is 2. The van der Waals surface area contributed by atoms with Gasteiger partial charge in [0, 0.05) is 17.6 Å². The number of carbonyl (C=O) groups excluding carboxylic acids is 2. The summed E-state index contributed by atoms with van der Waals surface area (Å²) in [6.07, 6.45) is -5.49. The maximum atomic E-state index is 12.9. The number of hydrogen-bond acceptors (Lipinski definition) is 6. The van der Waals surface area contributed by atoms with E-state index in [0.29, 0.717) is 0 Å². The minimum Gasteiger partial charge on any atom is -0.463 e. The minimum atomic E-state index is -4.36. The number of halogens is 3. The summed E-state index contributed by atoms with van der Waals surface area (Å²) in [5.41, 5.74) is 0.446. The number of ether oxygens (including phenoxy) is 2. The highest BCUT2D eigenvalue weighted by Crippen LogP contribution is 2.31. The molecule has 0 aromatic carbocycles. The van der Waals surface area contributed by atoms with E-state index in [1.54, 1.807) is 32.7 Å². The Kier molecular flexibility index (Phi) is 10.4. The van der Waals surface area contributed by atoms with Gasteiger partial charge < -0.3 is 17.7 Å². The van der Waals surface area contributed by atoms with Crippen LogP contribution in [0.25, 0.3) is 0 Å². The Hall–Kier alpha value is -1.22. The summed E-state index contributed by atoms with van der Waals surface area (Å²) in [6, 6.07) is -0.313. The lowest BCUT2D eigenvalue weighted by atomic mass is 10.4. The first kappa shape index (κ1) is 28.8. The third-order valence-electron chi connectivity index (χ3n) is 3.65. The van der Waals surface area contributed by atoms with E-state index in [1.165, 1.54) is 13.8 Å². The molecule has 0 rings (SSSR count). The van der Waals surface area contributed by atoms with E-state index in [0.717, 1.165) is 0 Å². The molecule has 12 heteroatoms. The zero-order valence-electron chi connectivity index (χ0n) is 18.8. The van der Waals surface area contributed by atoms with Crippen molar-refractivity contribution in [2.45, 2.75) is 65.2 Å². The van der Waals surface area contributed by atoms with E-state index < -0.39 is 49.7 Å². The first-order valence-electron chi connectivity index (χ1n) is 9.40. The highest BCUT2D eigenvalue weighted by molar-refractivity contribution is 6.88. The number of rotatable bonds is 12.